The molecule has 0 aliphatic heterocycles. The van der Waals surface area contributed by atoms with E-state index in [1.54, 1.807) is 0 Å². The fourth-order valence-electron chi connectivity index (χ4n) is 3.92. The van der Waals surface area contributed by atoms with E-state index in [1.165, 1.54) is 12.8 Å². The van der Waals surface area contributed by atoms with Crippen molar-refractivity contribution in [2.24, 2.45) is 16.7 Å². The number of carbonyl (C=O) groups excluding carboxylic acids is 1. The molecule has 0 N–H and O–H groups in total. The molecule has 19 heavy (non-hydrogen) atoms. The molecule has 3 nitrogen and oxygen atoms in total. The lowest BCUT2D eigenvalue weighted by Gasteiger charge is -2.38. The zero-order valence-electron chi connectivity index (χ0n) is 12.8. The smallest absolute Gasteiger partial charge is 0.332 e. The van der Waals surface area contributed by atoms with E-state index >= 15 is 0 Å². The van der Waals surface area contributed by atoms with Gasteiger partial charge >= 0.3 is 5.97 Å². The van der Waals surface area contributed by atoms with Crippen LogP contribution < -0.4 is 0 Å². The predicted molar refractivity (Wildman–Crippen MR) is 74.8 cm³/mol. The minimum Gasteiger partial charge on any atom is -0.464 e. The van der Waals surface area contributed by atoms with E-state index in [0.29, 0.717) is 12.0 Å². The highest BCUT2D eigenvalue weighted by Gasteiger charge is 2.61. The molecule has 0 spiro atoms. The second kappa shape index (κ2) is 5.43. The number of fused-ring (bicyclic) bond motifs is 2. The highest BCUT2D eigenvalue weighted by molar-refractivity contribution is 5.70. The van der Waals surface area contributed by atoms with Crippen molar-refractivity contribution in [1.82, 2.24) is 0 Å². The molecular weight excluding hydrogens is 240 g/mol. The standard InChI is InChI=1S/C16H28O3/c1-5-6-9-18-14(17)11-19-13-10-12-7-8-16(13,4)15(12,2)3/h12-13H,5-11H2,1-4H3. The Labute approximate surface area is 117 Å². The number of carbonyl (C=O) groups is 1. The van der Waals surface area contributed by atoms with Crippen LogP contribution in [-0.4, -0.2) is 25.3 Å². The minimum absolute atomic E-state index is 0.118. The highest BCUT2D eigenvalue weighted by Crippen LogP contribution is 2.66. The molecular formula is C16H28O3. The summed E-state index contributed by atoms with van der Waals surface area (Å²) in [7, 11) is 0. The van der Waals surface area contributed by atoms with Gasteiger partial charge in [0.25, 0.3) is 0 Å². The van der Waals surface area contributed by atoms with E-state index < -0.39 is 0 Å². The Bertz CT molecular complexity index is 337. The van der Waals surface area contributed by atoms with E-state index in [0.717, 1.165) is 25.2 Å². The molecule has 3 atom stereocenters. The van der Waals surface area contributed by atoms with Crippen LogP contribution in [-0.2, 0) is 14.3 Å². The summed E-state index contributed by atoms with van der Waals surface area (Å²) in [4.78, 5) is 11.6. The van der Waals surface area contributed by atoms with Crippen LogP contribution in [0.3, 0.4) is 0 Å². The summed E-state index contributed by atoms with van der Waals surface area (Å²) in [5.41, 5.74) is 0.561. The third kappa shape index (κ3) is 2.54. The number of esters is 1. The summed E-state index contributed by atoms with van der Waals surface area (Å²) in [5.74, 6) is 0.538. The van der Waals surface area contributed by atoms with Gasteiger partial charge in [0, 0.05) is 0 Å². The van der Waals surface area contributed by atoms with Gasteiger partial charge in [0.2, 0.25) is 0 Å². The number of unbranched alkanes of at least 4 members (excludes halogenated alkanes) is 1. The van der Waals surface area contributed by atoms with Gasteiger partial charge in [0.1, 0.15) is 6.61 Å². The Morgan fingerprint density at radius 3 is 2.58 bits per heavy atom. The first-order chi connectivity index (χ1) is 8.91. The Morgan fingerprint density at radius 2 is 2.05 bits per heavy atom. The molecule has 2 rings (SSSR count). The van der Waals surface area contributed by atoms with Crippen LogP contribution in [0.15, 0.2) is 0 Å². The molecule has 3 unspecified atom stereocenters. The number of hydrogen-bond acceptors (Lipinski definition) is 3. The van der Waals surface area contributed by atoms with Crippen molar-refractivity contribution >= 4 is 5.97 Å². The normalized spacial score (nSPS) is 35.6. The molecule has 0 heterocycles. The summed E-state index contributed by atoms with van der Waals surface area (Å²) >= 11 is 0. The second-order valence-corrected chi connectivity index (χ2v) is 6.98. The fourth-order valence-corrected chi connectivity index (χ4v) is 3.92. The molecule has 0 radical (unpaired) electrons. The SMILES string of the molecule is CCCCOC(=O)COC1CC2CCC1(C)C2(C)C. The van der Waals surface area contributed by atoms with Crippen molar-refractivity contribution in [2.75, 3.05) is 13.2 Å². The van der Waals surface area contributed by atoms with Gasteiger partial charge in [-0.05, 0) is 42.4 Å². The van der Waals surface area contributed by atoms with Crippen molar-refractivity contribution in [2.45, 2.75) is 65.9 Å². The van der Waals surface area contributed by atoms with Crippen molar-refractivity contribution < 1.29 is 14.3 Å². The Hall–Kier alpha value is -0.570. The molecule has 0 saturated heterocycles. The molecule has 2 aliphatic rings. The quantitative estimate of drug-likeness (QED) is 0.546. The van der Waals surface area contributed by atoms with Crippen molar-refractivity contribution in [3.8, 4) is 0 Å². The van der Waals surface area contributed by atoms with Gasteiger partial charge in [-0.1, -0.05) is 34.1 Å². The topological polar surface area (TPSA) is 35.5 Å². The summed E-state index contributed by atoms with van der Waals surface area (Å²) in [6.07, 6.45) is 5.84. The first-order valence-electron chi connectivity index (χ1n) is 7.69. The second-order valence-electron chi connectivity index (χ2n) is 6.98. The molecule has 0 aromatic carbocycles. The van der Waals surface area contributed by atoms with E-state index in [4.69, 9.17) is 9.47 Å². The fraction of sp³-hybridized carbons (Fsp3) is 0.938. The predicted octanol–water partition coefficient (Wildman–Crippen LogP) is 3.56. The summed E-state index contributed by atoms with van der Waals surface area (Å²) in [6, 6.07) is 0. The molecule has 2 aliphatic carbocycles. The number of ether oxygens (including phenoxy) is 2. The average molecular weight is 268 g/mol. The molecule has 3 heteroatoms. The maximum atomic E-state index is 11.6. The van der Waals surface area contributed by atoms with Crippen LogP contribution in [0.1, 0.15) is 59.8 Å². The van der Waals surface area contributed by atoms with Gasteiger partial charge in [0.15, 0.2) is 0 Å². The van der Waals surface area contributed by atoms with Crippen molar-refractivity contribution in [3.05, 3.63) is 0 Å². The Morgan fingerprint density at radius 1 is 1.32 bits per heavy atom. The molecule has 0 aromatic rings. The minimum atomic E-state index is -0.211. The lowest BCUT2D eigenvalue weighted by atomic mass is 9.70. The molecule has 110 valence electrons. The molecule has 0 aromatic heterocycles. The Kier molecular flexibility index (Phi) is 4.24. The van der Waals surface area contributed by atoms with Crippen molar-refractivity contribution in [3.63, 3.8) is 0 Å². The van der Waals surface area contributed by atoms with Gasteiger partial charge in [-0.2, -0.15) is 0 Å². The Balaban J connectivity index is 1.80. The highest BCUT2D eigenvalue weighted by atomic mass is 16.6. The molecule has 2 saturated carbocycles. The third-order valence-electron chi connectivity index (χ3n) is 5.88. The first-order valence-corrected chi connectivity index (χ1v) is 7.69. The number of rotatable bonds is 6. The largest absolute Gasteiger partial charge is 0.464 e. The first kappa shape index (κ1) is 14.8. The van der Waals surface area contributed by atoms with Crippen molar-refractivity contribution in [1.29, 1.82) is 0 Å². The van der Waals surface area contributed by atoms with Gasteiger partial charge in [0.05, 0.1) is 12.7 Å². The van der Waals surface area contributed by atoms with E-state index in [1.807, 2.05) is 0 Å². The lowest BCUT2D eigenvalue weighted by Crippen LogP contribution is -2.38. The average Bonchev–Trinajstić information content (AvgIpc) is 2.69. The van der Waals surface area contributed by atoms with Crippen LogP contribution in [0.4, 0.5) is 0 Å². The van der Waals surface area contributed by atoms with E-state index in [-0.39, 0.29) is 24.1 Å². The summed E-state index contributed by atoms with van der Waals surface area (Å²) in [5, 5.41) is 0. The number of hydrogen-bond donors (Lipinski definition) is 0. The molecule has 2 fully saturated rings. The maximum absolute atomic E-state index is 11.6. The third-order valence-corrected chi connectivity index (χ3v) is 5.88. The van der Waals surface area contributed by atoms with Gasteiger partial charge in [-0.3, -0.25) is 0 Å². The van der Waals surface area contributed by atoms with Crippen LogP contribution in [0.25, 0.3) is 0 Å². The van der Waals surface area contributed by atoms with E-state index in [2.05, 4.69) is 27.7 Å². The zero-order valence-corrected chi connectivity index (χ0v) is 12.8. The molecule has 0 amide bonds. The summed E-state index contributed by atoms with van der Waals surface area (Å²) < 4.78 is 11.0. The van der Waals surface area contributed by atoms with Crippen LogP contribution in [0, 0.1) is 16.7 Å². The van der Waals surface area contributed by atoms with Gasteiger partial charge < -0.3 is 9.47 Å². The van der Waals surface area contributed by atoms with Gasteiger partial charge in [-0.25, -0.2) is 4.79 Å². The molecule has 2 bridgehead atoms. The lowest BCUT2D eigenvalue weighted by molar-refractivity contribution is -0.154. The van der Waals surface area contributed by atoms with Crippen LogP contribution >= 0.6 is 0 Å². The monoisotopic (exact) mass is 268 g/mol. The van der Waals surface area contributed by atoms with Crippen LogP contribution in [0.2, 0.25) is 0 Å². The summed E-state index contributed by atoms with van der Waals surface area (Å²) in [6.45, 7) is 9.76. The van der Waals surface area contributed by atoms with Gasteiger partial charge in [-0.15, -0.1) is 0 Å². The van der Waals surface area contributed by atoms with E-state index in [9.17, 15) is 4.79 Å². The van der Waals surface area contributed by atoms with Crippen LogP contribution in [0.5, 0.6) is 0 Å². The zero-order chi connectivity index (χ0) is 14.1. The maximum Gasteiger partial charge on any atom is 0.332 e.